The van der Waals surface area contributed by atoms with Gasteiger partial charge in [-0.05, 0) is 37.0 Å². The Bertz CT molecular complexity index is 342. The van der Waals surface area contributed by atoms with Crippen molar-refractivity contribution in [1.29, 1.82) is 0 Å². The second kappa shape index (κ2) is 7.56. The van der Waals surface area contributed by atoms with Crippen LogP contribution >= 0.6 is 11.8 Å². The van der Waals surface area contributed by atoms with E-state index in [1.54, 1.807) is 19.1 Å². The van der Waals surface area contributed by atoms with Crippen molar-refractivity contribution in [3.05, 3.63) is 29.6 Å². The smallest absolute Gasteiger partial charge is 0.132 e. The van der Waals surface area contributed by atoms with Crippen LogP contribution in [0.4, 0.5) is 4.39 Å². The molecule has 0 fully saturated rings. The van der Waals surface area contributed by atoms with Crippen molar-refractivity contribution in [1.82, 2.24) is 0 Å². The normalized spacial score (nSPS) is 12.5. The molecule has 1 rings (SSSR count). The standard InChI is InChI=1S/C13H19FO2S/c1-3-17-8-4-7-16-11-5-6-12(10(2)15)13(14)9-11/h5-6,9-10,15H,3-4,7-8H2,1-2H3/t10-/m0/s1. The number of hydrogen-bond acceptors (Lipinski definition) is 3. The quantitative estimate of drug-likeness (QED) is 0.760. The van der Waals surface area contributed by atoms with E-state index in [2.05, 4.69) is 6.92 Å². The van der Waals surface area contributed by atoms with Crippen molar-refractivity contribution < 1.29 is 14.2 Å². The number of thioether (sulfide) groups is 1. The summed E-state index contributed by atoms with van der Waals surface area (Å²) < 4.78 is 18.9. The van der Waals surface area contributed by atoms with Crippen LogP contribution in [0.3, 0.4) is 0 Å². The Kier molecular flexibility index (Phi) is 6.37. The van der Waals surface area contributed by atoms with Crippen LogP contribution in [0.5, 0.6) is 5.75 Å². The van der Waals surface area contributed by atoms with Crippen molar-refractivity contribution >= 4 is 11.8 Å². The fraction of sp³-hybridized carbons (Fsp3) is 0.538. The number of hydrogen-bond donors (Lipinski definition) is 1. The van der Waals surface area contributed by atoms with Gasteiger partial charge in [-0.3, -0.25) is 0 Å². The molecule has 0 aromatic heterocycles. The van der Waals surface area contributed by atoms with Gasteiger partial charge in [0.2, 0.25) is 0 Å². The maximum absolute atomic E-state index is 13.5. The molecule has 0 heterocycles. The molecule has 1 N–H and O–H groups in total. The molecule has 0 saturated carbocycles. The molecule has 1 aromatic carbocycles. The number of ether oxygens (including phenoxy) is 1. The third-order valence-electron chi connectivity index (χ3n) is 2.33. The van der Waals surface area contributed by atoms with Crippen molar-refractivity contribution in [2.75, 3.05) is 18.1 Å². The molecule has 0 bridgehead atoms. The molecule has 0 aliphatic rings. The van der Waals surface area contributed by atoms with E-state index in [9.17, 15) is 9.50 Å². The predicted octanol–water partition coefficient (Wildman–Crippen LogP) is 3.40. The summed E-state index contributed by atoms with van der Waals surface area (Å²) in [4.78, 5) is 0. The molecule has 0 aliphatic heterocycles. The lowest BCUT2D eigenvalue weighted by Crippen LogP contribution is -2.01. The lowest BCUT2D eigenvalue weighted by atomic mass is 10.1. The summed E-state index contributed by atoms with van der Waals surface area (Å²) >= 11 is 1.87. The van der Waals surface area contributed by atoms with E-state index in [4.69, 9.17) is 4.74 Å². The average molecular weight is 258 g/mol. The Morgan fingerprint density at radius 3 is 2.82 bits per heavy atom. The predicted molar refractivity (Wildman–Crippen MR) is 70.1 cm³/mol. The van der Waals surface area contributed by atoms with E-state index < -0.39 is 11.9 Å². The van der Waals surface area contributed by atoms with Crippen molar-refractivity contribution in [3.63, 3.8) is 0 Å². The van der Waals surface area contributed by atoms with Gasteiger partial charge in [0.05, 0.1) is 12.7 Å². The highest BCUT2D eigenvalue weighted by Crippen LogP contribution is 2.21. The van der Waals surface area contributed by atoms with Crippen LogP contribution in [0.1, 0.15) is 31.9 Å². The summed E-state index contributed by atoms with van der Waals surface area (Å²) in [5.41, 5.74) is 0.305. The number of rotatable bonds is 7. The van der Waals surface area contributed by atoms with Gasteiger partial charge < -0.3 is 9.84 Å². The maximum Gasteiger partial charge on any atom is 0.132 e. The van der Waals surface area contributed by atoms with Crippen molar-refractivity contribution in [2.24, 2.45) is 0 Å². The summed E-state index contributed by atoms with van der Waals surface area (Å²) in [5.74, 6) is 2.27. The minimum absolute atomic E-state index is 0.305. The first kappa shape index (κ1) is 14.3. The van der Waals surface area contributed by atoms with Crippen LogP contribution in [0, 0.1) is 5.82 Å². The molecule has 1 atom stereocenters. The number of halogens is 1. The Morgan fingerprint density at radius 1 is 1.47 bits per heavy atom. The molecular formula is C13H19FO2S. The topological polar surface area (TPSA) is 29.5 Å². The van der Waals surface area contributed by atoms with E-state index in [0.717, 1.165) is 17.9 Å². The zero-order valence-electron chi connectivity index (χ0n) is 10.3. The zero-order valence-corrected chi connectivity index (χ0v) is 11.1. The third-order valence-corrected chi connectivity index (χ3v) is 3.31. The van der Waals surface area contributed by atoms with E-state index in [1.807, 2.05) is 11.8 Å². The van der Waals surface area contributed by atoms with Crippen molar-refractivity contribution in [2.45, 2.75) is 26.4 Å². The largest absolute Gasteiger partial charge is 0.493 e. The van der Waals surface area contributed by atoms with Gasteiger partial charge in [0, 0.05) is 11.6 Å². The minimum atomic E-state index is -0.787. The van der Waals surface area contributed by atoms with E-state index in [0.29, 0.717) is 17.9 Å². The van der Waals surface area contributed by atoms with Gasteiger partial charge in [0.25, 0.3) is 0 Å². The highest BCUT2D eigenvalue weighted by molar-refractivity contribution is 7.99. The van der Waals surface area contributed by atoms with Gasteiger partial charge >= 0.3 is 0 Å². The fourth-order valence-corrected chi connectivity index (χ4v) is 2.04. The van der Waals surface area contributed by atoms with Gasteiger partial charge in [0.15, 0.2) is 0 Å². The van der Waals surface area contributed by atoms with E-state index in [-0.39, 0.29) is 0 Å². The van der Waals surface area contributed by atoms with Gasteiger partial charge in [0.1, 0.15) is 11.6 Å². The molecule has 4 heteroatoms. The summed E-state index contributed by atoms with van der Waals surface area (Å²) in [6.07, 6.45) is 0.170. The van der Waals surface area contributed by atoms with E-state index in [1.165, 1.54) is 6.07 Å². The van der Waals surface area contributed by atoms with Crippen LogP contribution in [0.25, 0.3) is 0 Å². The third kappa shape index (κ3) is 4.96. The minimum Gasteiger partial charge on any atom is -0.493 e. The highest BCUT2D eigenvalue weighted by Gasteiger charge is 2.08. The van der Waals surface area contributed by atoms with Crippen LogP contribution < -0.4 is 4.74 Å². The number of aliphatic hydroxyl groups is 1. The first-order chi connectivity index (χ1) is 8.15. The van der Waals surface area contributed by atoms with Gasteiger partial charge in [-0.25, -0.2) is 4.39 Å². The molecule has 96 valence electrons. The molecule has 0 saturated heterocycles. The fourth-order valence-electron chi connectivity index (χ4n) is 1.43. The highest BCUT2D eigenvalue weighted by atomic mass is 32.2. The molecule has 1 aromatic rings. The Hall–Kier alpha value is -0.740. The second-order valence-electron chi connectivity index (χ2n) is 3.76. The summed E-state index contributed by atoms with van der Waals surface area (Å²) in [7, 11) is 0. The van der Waals surface area contributed by atoms with Crippen LogP contribution in [0.15, 0.2) is 18.2 Å². The Balaban J connectivity index is 2.42. The summed E-state index contributed by atoms with van der Waals surface area (Å²) in [5, 5.41) is 9.29. The first-order valence-corrected chi connectivity index (χ1v) is 6.98. The van der Waals surface area contributed by atoms with Crippen LogP contribution in [-0.2, 0) is 0 Å². The van der Waals surface area contributed by atoms with E-state index >= 15 is 0 Å². The van der Waals surface area contributed by atoms with Gasteiger partial charge in [-0.1, -0.05) is 6.92 Å². The maximum atomic E-state index is 13.5. The van der Waals surface area contributed by atoms with Gasteiger partial charge in [-0.2, -0.15) is 11.8 Å². The van der Waals surface area contributed by atoms with Crippen LogP contribution in [0.2, 0.25) is 0 Å². The molecule has 2 nitrogen and oxygen atoms in total. The van der Waals surface area contributed by atoms with Gasteiger partial charge in [-0.15, -0.1) is 0 Å². The molecule has 17 heavy (non-hydrogen) atoms. The Labute approximate surface area is 106 Å². The number of benzene rings is 1. The molecule has 0 amide bonds. The molecule has 0 spiro atoms. The SMILES string of the molecule is CCSCCCOc1ccc([C@H](C)O)c(F)c1. The summed E-state index contributed by atoms with van der Waals surface area (Å²) in [6.45, 7) is 4.26. The summed E-state index contributed by atoms with van der Waals surface area (Å²) in [6, 6.07) is 4.59. The lowest BCUT2D eigenvalue weighted by molar-refractivity contribution is 0.194. The molecular weight excluding hydrogens is 239 g/mol. The average Bonchev–Trinajstić information content (AvgIpc) is 2.28. The molecule has 0 radical (unpaired) electrons. The Morgan fingerprint density at radius 2 is 2.24 bits per heavy atom. The van der Waals surface area contributed by atoms with Crippen LogP contribution in [-0.4, -0.2) is 23.2 Å². The second-order valence-corrected chi connectivity index (χ2v) is 5.15. The van der Waals surface area contributed by atoms with Crippen molar-refractivity contribution in [3.8, 4) is 5.75 Å². The first-order valence-electron chi connectivity index (χ1n) is 5.83. The molecule has 0 unspecified atom stereocenters. The number of aliphatic hydroxyl groups excluding tert-OH is 1. The zero-order chi connectivity index (χ0) is 12.7. The monoisotopic (exact) mass is 258 g/mol. The lowest BCUT2D eigenvalue weighted by Gasteiger charge is -2.09. The molecule has 0 aliphatic carbocycles.